The van der Waals surface area contributed by atoms with Crippen LogP contribution in [0.4, 0.5) is 0 Å². The molecule has 2 aromatic carbocycles. The number of carbonyl (C=O) groups is 1. The number of H-pyrrole nitrogens is 1. The van der Waals surface area contributed by atoms with Crippen molar-refractivity contribution in [1.29, 1.82) is 0 Å². The monoisotopic (exact) mass is 817 g/mol. The van der Waals surface area contributed by atoms with Gasteiger partial charge >= 0.3 is 5.97 Å². The number of esters is 1. The molecule has 5 aromatic rings. The summed E-state index contributed by atoms with van der Waals surface area (Å²) in [4.78, 5) is 31.7. The number of thiophene rings is 2. The Hall–Kier alpha value is -3.82. The standard InChI is InChI=1S/C43H55N3O7S2Si/c1-42(2,3)56(5,6)53-36(33-19-21-35(47)40-34(33)20-22-39(48)45-40)28-44-27-29-11-15-31(16-12-29)51-24-23-46(4)30-13-17-32(18-14-30)52-41(49)43(50,37-9-7-25-54-37)38-10-8-26-55-38/h7-12,15-16,19-22,25-26,30,32,36,44,47,50H,13-14,17-18,23-24,27-28H2,1-6H3,(H,45,48)/t30-,32-,36-/m0/s1. The van der Waals surface area contributed by atoms with E-state index < -0.39 is 19.9 Å². The summed E-state index contributed by atoms with van der Waals surface area (Å²) in [5, 5.41) is 30.1. The highest BCUT2D eigenvalue weighted by atomic mass is 32.1. The van der Waals surface area contributed by atoms with Crippen LogP contribution in [0.3, 0.4) is 0 Å². The van der Waals surface area contributed by atoms with Gasteiger partial charge in [-0.05, 0) is 109 Å². The third-order valence-corrected chi connectivity index (χ3v) is 17.8. The summed E-state index contributed by atoms with van der Waals surface area (Å²) in [5.41, 5.74) is 0.408. The lowest BCUT2D eigenvalue weighted by Gasteiger charge is -2.39. The number of phenols is 1. The molecular formula is C43H55N3O7S2Si. The van der Waals surface area contributed by atoms with E-state index in [2.05, 4.69) is 68.2 Å². The molecule has 6 rings (SSSR count). The Morgan fingerprint density at radius 1 is 0.964 bits per heavy atom. The summed E-state index contributed by atoms with van der Waals surface area (Å²) >= 11 is 2.71. The van der Waals surface area contributed by atoms with Crippen LogP contribution in [0, 0.1) is 0 Å². The summed E-state index contributed by atoms with van der Waals surface area (Å²) in [5.74, 6) is 0.245. The number of phenolic OH excluding ortho intramolecular Hbond substituents is 1. The number of fused-ring (bicyclic) bond motifs is 1. The van der Waals surface area contributed by atoms with E-state index >= 15 is 0 Å². The molecule has 1 aliphatic carbocycles. The first-order valence-corrected chi connectivity index (χ1v) is 24.0. The van der Waals surface area contributed by atoms with Crippen molar-refractivity contribution in [3.63, 3.8) is 0 Å². The van der Waals surface area contributed by atoms with Gasteiger partial charge in [-0.2, -0.15) is 0 Å². The van der Waals surface area contributed by atoms with Crippen LogP contribution in [0.5, 0.6) is 11.5 Å². The lowest BCUT2D eigenvalue weighted by molar-refractivity contribution is -0.169. The van der Waals surface area contributed by atoms with Gasteiger partial charge in [-0.15, -0.1) is 22.7 Å². The maximum absolute atomic E-state index is 13.4. The predicted octanol–water partition coefficient (Wildman–Crippen LogP) is 8.31. The van der Waals surface area contributed by atoms with E-state index in [1.54, 1.807) is 24.3 Å². The van der Waals surface area contributed by atoms with Gasteiger partial charge in [-0.3, -0.25) is 4.79 Å². The summed E-state index contributed by atoms with van der Waals surface area (Å²) in [6, 6.07) is 22.5. The second kappa shape index (κ2) is 17.8. The zero-order chi connectivity index (χ0) is 40.1. The third kappa shape index (κ3) is 9.64. The first-order valence-electron chi connectivity index (χ1n) is 19.3. The van der Waals surface area contributed by atoms with Gasteiger partial charge in [0.15, 0.2) is 8.32 Å². The minimum atomic E-state index is -2.18. The van der Waals surface area contributed by atoms with Crippen molar-refractivity contribution >= 4 is 47.9 Å². The molecule has 0 saturated heterocycles. The van der Waals surface area contributed by atoms with Gasteiger partial charge in [0.05, 0.1) is 21.4 Å². The minimum absolute atomic E-state index is 0.00293. The number of aromatic amines is 1. The SMILES string of the molecule is CN(CCOc1ccc(CNC[C@H](O[Si](C)(C)C(C)(C)C)c2ccc(O)c3[nH]c(=O)ccc23)cc1)[C@H]1CC[C@H](OC(=O)C(O)(c2cccs2)c2cccs2)CC1. The fourth-order valence-corrected chi connectivity index (χ4v) is 9.95. The van der Waals surface area contributed by atoms with Gasteiger partial charge in [0, 0.05) is 37.1 Å². The first-order chi connectivity index (χ1) is 26.7. The fourth-order valence-electron chi connectivity index (χ4n) is 6.96. The van der Waals surface area contributed by atoms with E-state index in [1.165, 1.54) is 28.7 Å². The summed E-state index contributed by atoms with van der Waals surface area (Å²) in [6.45, 7) is 13.6. The molecule has 0 bridgehead atoms. The number of aromatic hydroxyl groups is 1. The zero-order valence-electron chi connectivity index (χ0n) is 33.2. The van der Waals surface area contributed by atoms with Crippen molar-refractivity contribution < 1.29 is 28.9 Å². The van der Waals surface area contributed by atoms with Crippen molar-refractivity contribution in [2.45, 2.75) is 95.0 Å². The minimum Gasteiger partial charge on any atom is -0.506 e. The number of ether oxygens (including phenoxy) is 2. The molecule has 3 heterocycles. The van der Waals surface area contributed by atoms with Crippen LogP contribution < -0.4 is 15.6 Å². The van der Waals surface area contributed by atoms with Crippen LogP contribution in [0.2, 0.25) is 18.1 Å². The number of carbonyl (C=O) groups excluding carboxylic acids is 1. The molecule has 0 unspecified atom stereocenters. The van der Waals surface area contributed by atoms with Crippen LogP contribution in [-0.2, 0) is 26.1 Å². The predicted molar refractivity (Wildman–Crippen MR) is 227 cm³/mol. The molecule has 1 saturated carbocycles. The molecule has 1 aliphatic rings. The summed E-state index contributed by atoms with van der Waals surface area (Å²) < 4.78 is 19.0. The fraction of sp³-hybridized carbons (Fsp3) is 0.442. The number of aromatic nitrogens is 1. The van der Waals surface area contributed by atoms with Crippen molar-refractivity contribution in [1.82, 2.24) is 15.2 Å². The van der Waals surface area contributed by atoms with E-state index in [-0.39, 0.29) is 28.6 Å². The third-order valence-electron chi connectivity index (χ3n) is 11.4. The Morgan fingerprint density at radius 3 is 2.23 bits per heavy atom. The maximum atomic E-state index is 13.4. The second-order valence-corrected chi connectivity index (χ2v) is 22.9. The molecule has 1 atom stereocenters. The molecule has 0 spiro atoms. The molecule has 10 nitrogen and oxygen atoms in total. The molecule has 13 heteroatoms. The van der Waals surface area contributed by atoms with Gasteiger partial charge in [0.2, 0.25) is 11.2 Å². The van der Waals surface area contributed by atoms with Crippen molar-refractivity contribution in [2.24, 2.45) is 0 Å². The lowest BCUT2D eigenvalue weighted by atomic mass is 9.91. The number of pyridine rings is 1. The number of rotatable bonds is 16. The molecule has 56 heavy (non-hydrogen) atoms. The zero-order valence-corrected chi connectivity index (χ0v) is 35.8. The average Bonchev–Trinajstić information content (AvgIpc) is 3.92. The van der Waals surface area contributed by atoms with Crippen molar-refractivity contribution in [3.8, 4) is 11.5 Å². The molecule has 3 aromatic heterocycles. The first kappa shape index (κ1) is 41.8. The number of nitrogens with zero attached hydrogens (tertiary/aromatic N) is 1. The number of aliphatic hydroxyl groups is 1. The summed E-state index contributed by atoms with van der Waals surface area (Å²) in [6.07, 6.45) is 2.78. The maximum Gasteiger partial charge on any atom is 0.349 e. The normalized spacial score (nSPS) is 17.3. The second-order valence-electron chi connectivity index (χ2n) is 16.3. The van der Waals surface area contributed by atoms with Crippen LogP contribution in [0.25, 0.3) is 10.9 Å². The number of likely N-dealkylation sites (N-methyl/N-ethyl adjacent to an activating group) is 1. The van der Waals surface area contributed by atoms with Gasteiger partial charge < -0.3 is 39.3 Å². The molecule has 4 N–H and O–H groups in total. The van der Waals surface area contributed by atoms with E-state index in [0.717, 1.165) is 54.5 Å². The highest BCUT2D eigenvalue weighted by Gasteiger charge is 2.45. The quantitative estimate of drug-likeness (QED) is 0.0574. The van der Waals surface area contributed by atoms with E-state index in [4.69, 9.17) is 13.9 Å². The van der Waals surface area contributed by atoms with Gasteiger partial charge in [0.1, 0.15) is 24.2 Å². The topological polar surface area (TPSA) is 133 Å². The van der Waals surface area contributed by atoms with Crippen molar-refractivity contribution in [3.05, 3.63) is 115 Å². The highest BCUT2D eigenvalue weighted by Crippen LogP contribution is 2.41. The van der Waals surface area contributed by atoms with Crippen LogP contribution in [0.15, 0.2) is 88.4 Å². The number of hydrogen-bond donors (Lipinski definition) is 4. The van der Waals surface area contributed by atoms with Crippen LogP contribution in [0.1, 0.15) is 73.4 Å². The van der Waals surface area contributed by atoms with Gasteiger partial charge in [0.25, 0.3) is 0 Å². The van der Waals surface area contributed by atoms with Crippen LogP contribution in [-0.4, -0.2) is 73.3 Å². The highest BCUT2D eigenvalue weighted by molar-refractivity contribution is 7.12. The number of hydrogen-bond acceptors (Lipinski definition) is 11. The molecule has 0 aliphatic heterocycles. The van der Waals surface area contributed by atoms with Gasteiger partial charge in [-0.1, -0.05) is 51.1 Å². The number of nitrogens with one attached hydrogen (secondary N) is 2. The van der Waals surface area contributed by atoms with E-state index in [1.807, 2.05) is 41.1 Å². The lowest BCUT2D eigenvalue weighted by Crippen LogP contribution is -2.43. The van der Waals surface area contributed by atoms with Crippen LogP contribution >= 0.6 is 22.7 Å². The Bertz CT molecular complexity index is 2050. The van der Waals surface area contributed by atoms with E-state index in [0.29, 0.717) is 41.0 Å². The Kier molecular flexibility index (Phi) is 13.3. The molecule has 0 radical (unpaired) electrons. The van der Waals surface area contributed by atoms with E-state index in [9.17, 15) is 19.8 Å². The number of benzene rings is 2. The largest absolute Gasteiger partial charge is 0.506 e. The Balaban J connectivity index is 0.968. The Labute approximate surface area is 338 Å². The molecule has 300 valence electrons. The molecule has 0 amide bonds. The summed E-state index contributed by atoms with van der Waals surface area (Å²) in [7, 11) is -0.0698. The molecular weight excluding hydrogens is 763 g/mol. The van der Waals surface area contributed by atoms with Crippen molar-refractivity contribution in [2.75, 3.05) is 26.7 Å². The average molecular weight is 818 g/mol. The molecule has 1 fully saturated rings. The smallest absolute Gasteiger partial charge is 0.349 e. The Morgan fingerprint density at radius 2 is 1.62 bits per heavy atom. The van der Waals surface area contributed by atoms with Gasteiger partial charge in [-0.25, -0.2) is 4.79 Å².